The van der Waals surface area contributed by atoms with Crippen molar-refractivity contribution in [2.75, 3.05) is 0 Å². The Morgan fingerprint density at radius 3 is 2.73 bits per heavy atom. The molecule has 0 amide bonds. The zero-order valence-electron chi connectivity index (χ0n) is 11.6. The van der Waals surface area contributed by atoms with Gasteiger partial charge in [0.05, 0.1) is 15.9 Å². The summed E-state index contributed by atoms with van der Waals surface area (Å²) in [5.74, 6) is -0.249. The van der Waals surface area contributed by atoms with Crippen molar-refractivity contribution in [1.29, 1.82) is 0 Å². The third-order valence-corrected chi connectivity index (χ3v) is 3.83. The van der Waals surface area contributed by atoms with Crippen LogP contribution in [0.5, 0.6) is 0 Å². The van der Waals surface area contributed by atoms with Crippen LogP contribution in [0.4, 0.5) is 10.1 Å². The van der Waals surface area contributed by atoms with Crippen LogP contribution in [-0.2, 0) is 0 Å². The van der Waals surface area contributed by atoms with Crippen molar-refractivity contribution in [2.45, 2.75) is 23.9 Å². The van der Waals surface area contributed by atoms with Crippen LogP contribution in [0.15, 0.2) is 34.3 Å². The number of rotatable bonds is 3. The summed E-state index contributed by atoms with van der Waals surface area (Å²) in [6, 6.07) is 5.33. The van der Waals surface area contributed by atoms with Crippen LogP contribution in [0, 0.1) is 29.8 Å². The largest absolute Gasteiger partial charge is 0.272 e. The van der Waals surface area contributed by atoms with E-state index in [1.54, 1.807) is 4.52 Å². The first-order chi connectivity index (χ1) is 10.4. The van der Waals surface area contributed by atoms with Gasteiger partial charge < -0.3 is 0 Å². The summed E-state index contributed by atoms with van der Waals surface area (Å²) in [6.45, 7) is 3.72. The molecule has 0 aliphatic heterocycles. The number of hydrogen-bond acceptors (Lipinski definition) is 6. The lowest BCUT2D eigenvalue weighted by Crippen LogP contribution is -1.97. The quantitative estimate of drug-likeness (QED) is 0.545. The van der Waals surface area contributed by atoms with Crippen molar-refractivity contribution in [3.63, 3.8) is 0 Å². The maximum absolute atomic E-state index is 13.9. The van der Waals surface area contributed by atoms with E-state index in [1.165, 1.54) is 12.1 Å². The van der Waals surface area contributed by atoms with Crippen molar-refractivity contribution in [3.05, 3.63) is 51.6 Å². The van der Waals surface area contributed by atoms with Crippen molar-refractivity contribution in [2.24, 2.45) is 0 Å². The summed E-state index contributed by atoms with van der Waals surface area (Å²) in [7, 11) is 0. The normalized spacial score (nSPS) is 11.0. The van der Waals surface area contributed by atoms with Gasteiger partial charge in [-0.15, -0.1) is 5.10 Å². The summed E-state index contributed by atoms with van der Waals surface area (Å²) in [6.07, 6.45) is 0. The Labute approximate surface area is 128 Å². The van der Waals surface area contributed by atoms with Crippen LogP contribution < -0.4 is 0 Å². The molecule has 9 heteroatoms. The van der Waals surface area contributed by atoms with Gasteiger partial charge in [0.25, 0.3) is 11.5 Å². The molecule has 0 saturated carbocycles. The Morgan fingerprint density at radius 1 is 1.27 bits per heavy atom. The number of nitrogens with zero attached hydrogens (tertiary/aromatic N) is 5. The fraction of sp³-hybridized carbons (Fsp3) is 0.154. The van der Waals surface area contributed by atoms with Crippen molar-refractivity contribution in [3.8, 4) is 0 Å². The first kappa shape index (κ1) is 14.4. The molecule has 0 spiro atoms. The zero-order valence-corrected chi connectivity index (χ0v) is 12.5. The van der Waals surface area contributed by atoms with Gasteiger partial charge in [0, 0.05) is 17.5 Å². The Kier molecular flexibility index (Phi) is 3.49. The Morgan fingerprint density at radius 2 is 2.05 bits per heavy atom. The standard InChI is InChI=1S/C13H10FN5O2S/c1-7-5-8(2)18-12(15-7)16-13(17-18)22-11-4-3-9(19(20)21)6-10(11)14/h3-6H,1-2H3. The van der Waals surface area contributed by atoms with E-state index in [2.05, 4.69) is 15.1 Å². The highest BCUT2D eigenvalue weighted by atomic mass is 32.2. The third kappa shape index (κ3) is 2.62. The summed E-state index contributed by atoms with van der Waals surface area (Å²) < 4.78 is 15.5. The smallest absolute Gasteiger partial charge is 0.258 e. The number of non-ortho nitro benzene ring substituents is 1. The molecule has 0 N–H and O–H groups in total. The van der Waals surface area contributed by atoms with E-state index in [-0.39, 0.29) is 10.6 Å². The van der Waals surface area contributed by atoms with E-state index in [9.17, 15) is 14.5 Å². The molecule has 7 nitrogen and oxygen atoms in total. The number of nitro groups is 1. The van der Waals surface area contributed by atoms with Crippen LogP contribution in [0.3, 0.4) is 0 Å². The molecule has 112 valence electrons. The van der Waals surface area contributed by atoms with E-state index in [1.807, 2.05) is 19.9 Å². The summed E-state index contributed by atoms with van der Waals surface area (Å²) in [4.78, 5) is 18.7. The van der Waals surface area contributed by atoms with Gasteiger partial charge in [-0.3, -0.25) is 10.1 Å². The highest BCUT2D eigenvalue weighted by Gasteiger charge is 2.15. The van der Waals surface area contributed by atoms with E-state index < -0.39 is 10.7 Å². The fourth-order valence-corrected chi connectivity index (χ4v) is 2.71. The molecule has 0 atom stereocenters. The lowest BCUT2D eigenvalue weighted by atomic mass is 10.3. The van der Waals surface area contributed by atoms with Gasteiger partial charge in [-0.2, -0.15) is 4.98 Å². The Balaban J connectivity index is 1.96. The maximum Gasteiger partial charge on any atom is 0.272 e. The topological polar surface area (TPSA) is 86.2 Å². The number of aryl methyl sites for hydroxylation is 2. The predicted molar refractivity (Wildman–Crippen MR) is 77.4 cm³/mol. The molecule has 1 aromatic carbocycles. The maximum atomic E-state index is 13.9. The number of aromatic nitrogens is 4. The molecule has 3 rings (SSSR count). The molecule has 0 aliphatic rings. The van der Waals surface area contributed by atoms with Crippen molar-refractivity contribution >= 4 is 23.2 Å². The van der Waals surface area contributed by atoms with Gasteiger partial charge in [0.1, 0.15) is 5.82 Å². The molecular formula is C13H10FN5O2S. The zero-order chi connectivity index (χ0) is 15.9. The van der Waals surface area contributed by atoms with E-state index in [4.69, 9.17) is 0 Å². The van der Waals surface area contributed by atoms with Crippen molar-refractivity contribution < 1.29 is 9.31 Å². The fourth-order valence-electron chi connectivity index (χ4n) is 1.98. The molecule has 3 aromatic rings. The van der Waals surface area contributed by atoms with Crippen LogP contribution in [0.2, 0.25) is 0 Å². The summed E-state index contributed by atoms with van der Waals surface area (Å²) >= 11 is 0.994. The van der Waals surface area contributed by atoms with E-state index >= 15 is 0 Å². The predicted octanol–water partition coefficient (Wildman–Crippen LogP) is 2.94. The number of halogens is 1. The van der Waals surface area contributed by atoms with Crippen LogP contribution in [-0.4, -0.2) is 24.5 Å². The monoisotopic (exact) mass is 319 g/mol. The minimum atomic E-state index is -0.682. The SMILES string of the molecule is Cc1cc(C)n2nc(Sc3ccc([N+](=O)[O-])cc3F)nc2n1. The van der Waals surface area contributed by atoms with Gasteiger partial charge >= 0.3 is 0 Å². The lowest BCUT2D eigenvalue weighted by molar-refractivity contribution is -0.385. The van der Waals surface area contributed by atoms with E-state index in [0.717, 1.165) is 29.2 Å². The number of benzene rings is 1. The summed E-state index contributed by atoms with van der Waals surface area (Å²) in [5.41, 5.74) is 1.39. The van der Waals surface area contributed by atoms with Gasteiger partial charge in [0.15, 0.2) is 0 Å². The van der Waals surface area contributed by atoms with Crippen LogP contribution in [0.1, 0.15) is 11.4 Å². The Hall–Kier alpha value is -2.55. The lowest BCUT2D eigenvalue weighted by Gasteiger charge is -1.99. The summed E-state index contributed by atoms with van der Waals surface area (Å²) in [5, 5.41) is 15.2. The first-order valence-electron chi connectivity index (χ1n) is 6.27. The molecule has 22 heavy (non-hydrogen) atoms. The number of fused-ring (bicyclic) bond motifs is 1. The highest BCUT2D eigenvalue weighted by molar-refractivity contribution is 7.99. The average Bonchev–Trinajstić information content (AvgIpc) is 2.83. The molecule has 0 aliphatic carbocycles. The molecule has 0 bridgehead atoms. The average molecular weight is 319 g/mol. The van der Waals surface area contributed by atoms with Crippen LogP contribution in [0.25, 0.3) is 5.78 Å². The minimum absolute atomic E-state index is 0.218. The van der Waals surface area contributed by atoms with Gasteiger partial charge in [-0.05, 0) is 37.7 Å². The number of hydrogen-bond donors (Lipinski definition) is 0. The van der Waals surface area contributed by atoms with Gasteiger partial charge in [-0.1, -0.05) is 0 Å². The molecule has 2 aromatic heterocycles. The highest BCUT2D eigenvalue weighted by Crippen LogP contribution is 2.29. The molecule has 2 heterocycles. The molecule has 0 unspecified atom stereocenters. The van der Waals surface area contributed by atoms with Crippen molar-refractivity contribution in [1.82, 2.24) is 19.6 Å². The molecular weight excluding hydrogens is 309 g/mol. The number of nitro benzene ring substituents is 1. The van der Waals surface area contributed by atoms with E-state index in [0.29, 0.717) is 10.9 Å². The second-order valence-electron chi connectivity index (χ2n) is 4.62. The third-order valence-electron chi connectivity index (χ3n) is 2.93. The van der Waals surface area contributed by atoms with Gasteiger partial charge in [0.2, 0.25) is 5.16 Å². The van der Waals surface area contributed by atoms with Crippen LogP contribution >= 0.6 is 11.8 Å². The second-order valence-corrected chi connectivity index (χ2v) is 5.63. The first-order valence-corrected chi connectivity index (χ1v) is 7.08. The Bertz CT molecular complexity index is 896. The minimum Gasteiger partial charge on any atom is -0.258 e. The molecule has 0 radical (unpaired) electrons. The second kappa shape index (κ2) is 5.34. The van der Waals surface area contributed by atoms with Gasteiger partial charge in [-0.25, -0.2) is 13.9 Å². The molecule has 0 fully saturated rings. The molecule has 0 saturated heterocycles.